The normalized spacial score (nSPS) is 10.4. The maximum absolute atomic E-state index is 12.5. The average Bonchev–Trinajstić information content (AvgIpc) is 2.76. The number of nitrogens with zero attached hydrogens (tertiary/aromatic N) is 2. The van der Waals surface area contributed by atoms with Gasteiger partial charge in [-0.2, -0.15) is 0 Å². The Kier molecular flexibility index (Phi) is 6.69. The van der Waals surface area contributed by atoms with Crippen LogP contribution in [0.1, 0.15) is 6.92 Å². The van der Waals surface area contributed by atoms with Gasteiger partial charge in [0.1, 0.15) is 23.8 Å². The van der Waals surface area contributed by atoms with Gasteiger partial charge in [-0.3, -0.25) is 14.2 Å². The van der Waals surface area contributed by atoms with Gasteiger partial charge in [-0.25, -0.2) is 4.98 Å². The number of amides is 1. The second kappa shape index (κ2) is 9.60. The predicted octanol–water partition coefficient (Wildman–Crippen LogP) is 2.96. The Morgan fingerprint density at radius 1 is 1.03 bits per heavy atom. The summed E-state index contributed by atoms with van der Waals surface area (Å²) in [5.41, 5.74) is 1.43. The molecule has 0 spiro atoms. The van der Waals surface area contributed by atoms with Crippen LogP contribution in [0, 0.1) is 0 Å². The first-order valence-corrected chi connectivity index (χ1v) is 9.35. The van der Waals surface area contributed by atoms with E-state index in [0.29, 0.717) is 29.5 Å². The molecule has 0 atom stereocenters. The van der Waals surface area contributed by atoms with Crippen LogP contribution in [-0.2, 0) is 11.3 Å². The third-order valence-electron chi connectivity index (χ3n) is 4.34. The molecule has 156 valence electrons. The van der Waals surface area contributed by atoms with Crippen molar-refractivity contribution in [3.8, 4) is 28.5 Å². The number of nitrogens with one attached hydrogen (secondary N) is 1. The molecule has 8 nitrogen and oxygen atoms in total. The Morgan fingerprint density at radius 2 is 1.77 bits per heavy atom. The van der Waals surface area contributed by atoms with Crippen LogP contribution in [0.4, 0.5) is 5.69 Å². The van der Waals surface area contributed by atoms with Crippen molar-refractivity contribution in [3.63, 3.8) is 0 Å². The Morgan fingerprint density at radius 3 is 2.40 bits per heavy atom. The minimum absolute atomic E-state index is 0.185. The van der Waals surface area contributed by atoms with Gasteiger partial charge in [0.25, 0.3) is 5.56 Å². The lowest BCUT2D eigenvalue weighted by Crippen LogP contribution is -2.27. The van der Waals surface area contributed by atoms with E-state index in [1.165, 1.54) is 31.2 Å². The van der Waals surface area contributed by atoms with E-state index in [0.717, 1.165) is 11.3 Å². The fourth-order valence-corrected chi connectivity index (χ4v) is 2.85. The van der Waals surface area contributed by atoms with Crippen molar-refractivity contribution in [2.24, 2.45) is 0 Å². The van der Waals surface area contributed by atoms with Crippen molar-refractivity contribution in [1.29, 1.82) is 0 Å². The predicted molar refractivity (Wildman–Crippen MR) is 113 cm³/mol. The molecule has 0 fully saturated rings. The first-order valence-electron chi connectivity index (χ1n) is 9.35. The van der Waals surface area contributed by atoms with E-state index in [1.54, 1.807) is 18.2 Å². The molecule has 1 aromatic heterocycles. The van der Waals surface area contributed by atoms with Crippen LogP contribution < -0.4 is 25.1 Å². The Balaban J connectivity index is 1.73. The summed E-state index contributed by atoms with van der Waals surface area (Å²) >= 11 is 0. The van der Waals surface area contributed by atoms with Crippen LogP contribution in [0.2, 0.25) is 0 Å². The van der Waals surface area contributed by atoms with E-state index in [1.807, 2.05) is 31.2 Å². The minimum Gasteiger partial charge on any atom is -0.497 e. The molecule has 1 heterocycles. The van der Waals surface area contributed by atoms with E-state index in [9.17, 15) is 9.59 Å². The summed E-state index contributed by atoms with van der Waals surface area (Å²) in [6.07, 6.45) is 1.36. The fourth-order valence-electron chi connectivity index (χ4n) is 2.85. The van der Waals surface area contributed by atoms with Gasteiger partial charge in [-0.15, -0.1) is 0 Å². The zero-order chi connectivity index (χ0) is 21.5. The molecule has 1 amide bonds. The molecule has 30 heavy (non-hydrogen) atoms. The Bertz CT molecular complexity index is 1080. The van der Waals surface area contributed by atoms with Crippen molar-refractivity contribution in [3.05, 3.63) is 65.2 Å². The van der Waals surface area contributed by atoms with Crippen LogP contribution in [0.15, 0.2) is 59.7 Å². The van der Waals surface area contributed by atoms with Crippen LogP contribution in [0.5, 0.6) is 17.2 Å². The summed E-state index contributed by atoms with van der Waals surface area (Å²) in [5, 5.41) is 2.73. The quantitative estimate of drug-likeness (QED) is 0.615. The molecular formula is C22H23N3O5. The number of carbonyl (C=O) groups is 1. The van der Waals surface area contributed by atoms with Crippen molar-refractivity contribution in [2.45, 2.75) is 13.5 Å². The summed E-state index contributed by atoms with van der Waals surface area (Å²) in [6.45, 7) is 2.31. The number of methoxy groups -OCH3 is 2. The molecule has 8 heteroatoms. The highest BCUT2D eigenvalue weighted by Gasteiger charge is 2.11. The number of hydrogen-bond donors (Lipinski definition) is 1. The van der Waals surface area contributed by atoms with Crippen LogP contribution in [0.3, 0.4) is 0 Å². The summed E-state index contributed by atoms with van der Waals surface area (Å²) in [5.74, 6) is 1.42. The van der Waals surface area contributed by atoms with Gasteiger partial charge >= 0.3 is 0 Å². The Hall–Kier alpha value is -3.81. The van der Waals surface area contributed by atoms with Crippen molar-refractivity contribution in [1.82, 2.24) is 9.55 Å². The summed E-state index contributed by atoms with van der Waals surface area (Å²) in [7, 11) is 3.04. The molecule has 0 aliphatic heterocycles. The second-order valence-electron chi connectivity index (χ2n) is 6.31. The molecule has 3 rings (SSSR count). The number of aromatic nitrogens is 2. The summed E-state index contributed by atoms with van der Waals surface area (Å²) in [6, 6.07) is 13.8. The van der Waals surface area contributed by atoms with Gasteiger partial charge in [-0.05, 0) is 43.3 Å². The molecule has 0 aliphatic rings. The molecule has 0 unspecified atom stereocenters. The molecule has 0 saturated carbocycles. The van der Waals surface area contributed by atoms with Crippen LogP contribution in [0.25, 0.3) is 11.3 Å². The maximum Gasteiger partial charge on any atom is 0.254 e. The highest BCUT2D eigenvalue weighted by atomic mass is 16.5. The van der Waals surface area contributed by atoms with E-state index < -0.39 is 0 Å². The number of hydrogen-bond acceptors (Lipinski definition) is 6. The van der Waals surface area contributed by atoms with Crippen LogP contribution >= 0.6 is 0 Å². The van der Waals surface area contributed by atoms with Gasteiger partial charge in [0.2, 0.25) is 5.91 Å². The third kappa shape index (κ3) is 4.96. The van der Waals surface area contributed by atoms with Gasteiger partial charge < -0.3 is 19.5 Å². The number of anilines is 1. The number of benzene rings is 2. The first kappa shape index (κ1) is 20.9. The minimum atomic E-state index is -0.390. The second-order valence-corrected chi connectivity index (χ2v) is 6.31. The van der Waals surface area contributed by atoms with E-state index >= 15 is 0 Å². The van der Waals surface area contributed by atoms with Crippen molar-refractivity contribution in [2.75, 3.05) is 26.1 Å². The van der Waals surface area contributed by atoms with E-state index in [4.69, 9.17) is 14.2 Å². The van der Waals surface area contributed by atoms with Gasteiger partial charge in [-0.1, -0.05) is 0 Å². The largest absolute Gasteiger partial charge is 0.497 e. The van der Waals surface area contributed by atoms with E-state index in [2.05, 4.69) is 10.3 Å². The monoisotopic (exact) mass is 409 g/mol. The number of carbonyl (C=O) groups excluding carboxylic acids is 1. The Labute approximate surface area is 174 Å². The highest BCUT2D eigenvalue weighted by molar-refractivity contribution is 5.92. The van der Waals surface area contributed by atoms with E-state index in [-0.39, 0.29) is 18.0 Å². The molecular weight excluding hydrogens is 386 g/mol. The van der Waals surface area contributed by atoms with Crippen molar-refractivity contribution < 1.29 is 19.0 Å². The molecule has 2 aromatic carbocycles. The lowest BCUT2D eigenvalue weighted by Gasteiger charge is -2.12. The topological polar surface area (TPSA) is 91.7 Å². The maximum atomic E-state index is 12.5. The van der Waals surface area contributed by atoms with Crippen molar-refractivity contribution >= 4 is 11.6 Å². The lowest BCUT2D eigenvalue weighted by molar-refractivity contribution is -0.116. The van der Waals surface area contributed by atoms with Gasteiger partial charge in [0.05, 0.1) is 38.5 Å². The summed E-state index contributed by atoms with van der Waals surface area (Å²) < 4.78 is 17.1. The zero-order valence-electron chi connectivity index (χ0n) is 17.0. The molecule has 0 aliphatic carbocycles. The number of ether oxygens (including phenoxy) is 3. The molecule has 0 bridgehead atoms. The zero-order valence-corrected chi connectivity index (χ0v) is 17.0. The SMILES string of the molecule is CCOc1ccc(-c2cc(=O)n(CC(=O)Nc3cc(OC)ccc3OC)cn2)cc1. The van der Waals surface area contributed by atoms with Gasteiger partial charge in [0.15, 0.2) is 0 Å². The lowest BCUT2D eigenvalue weighted by atomic mass is 10.1. The molecule has 0 saturated heterocycles. The molecule has 3 aromatic rings. The average molecular weight is 409 g/mol. The smallest absolute Gasteiger partial charge is 0.254 e. The van der Waals surface area contributed by atoms with Crippen LogP contribution in [-0.4, -0.2) is 36.3 Å². The molecule has 1 N–H and O–H groups in total. The standard InChI is InChI=1S/C22H23N3O5/c1-4-30-16-7-5-15(6-8-16)18-12-22(27)25(14-23-18)13-21(26)24-19-11-17(28-2)9-10-20(19)29-3/h5-12,14H,4,13H2,1-3H3,(H,24,26). The highest BCUT2D eigenvalue weighted by Crippen LogP contribution is 2.28. The third-order valence-corrected chi connectivity index (χ3v) is 4.34. The number of rotatable bonds is 8. The van der Waals surface area contributed by atoms with Gasteiger partial charge in [0, 0.05) is 17.7 Å². The first-order chi connectivity index (χ1) is 14.5. The summed E-state index contributed by atoms with van der Waals surface area (Å²) in [4.78, 5) is 29.2. The molecule has 0 radical (unpaired) electrons. The fraction of sp³-hybridized carbons (Fsp3) is 0.227.